The van der Waals surface area contributed by atoms with Crippen LogP contribution >= 0.6 is 0 Å². The van der Waals surface area contributed by atoms with Crippen molar-refractivity contribution < 1.29 is 9.90 Å². The summed E-state index contributed by atoms with van der Waals surface area (Å²) in [7, 11) is 0. The van der Waals surface area contributed by atoms with Gasteiger partial charge in [-0.15, -0.1) is 0 Å². The van der Waals surface area contributed by atoms with Crippen LogP contribution in [-0.2, 0) is 11.2 Å². The lowest BCUT2D eigenvalue weighted by molar-refractivity contribution is -0.117. The topological polar surface area (TPSA) is 126 Å². The minimum Gasteiger partial charge on any atom is -0.390 e. The van der Waals surface area contributed by atoms with E-state index in [0.717, 1.165) is 22.9 Å². The molecule has 0 unspecified atom stereocenters. The van der Waals surface area contributed by atoms with Crippen LogP contribution in [0.25, 0.3) is 22.0 Å². The van der Waals surface area contributed by atoms with Crippen molar-refractivity contribution >= 4 is 35.0 Å². The molecule has 0 spiro atoms. The van der Waals surface area contributed by atoms with E-state index in [2.05, 4.69) is 32.0 Å². The van der Waals surface area contributed by atoms with E-state index in [4.69, 9.17) is 5.73 Å². The molecule has 4 rings (SSSR count). The number of carbonyl (C=O) groups excluding carboxylic acids is 1. The minimum atomic E-state index is -0.873. The van der Waals surface area contributed by atoms with Gasteiger partial charge in [-0.25, -0.2) is 9.97 Å². The van der Waals surface area contributed by atoms with Crippen LogP contribution in [0.15, 0.2) is 41.8 Å². The van der Waals surface area contributed by atoms with Crippen LogP contribution in [-0.4, -0.2) is 44.8 Å². The number of aromatic nitrogens is 3. The number of aliphatic hydroxyl groups is 1. The molecule has 8 heteroatoms. The predicted octanol–water partition coefficient (Wildman–Crippen LogP) is 2.86. The highest BCUT2D eigenvalue weighted by Gasteiger charge is 2.42. The van der Waals surface area contributed by atoms with Gasteiger partial charge in [0.05, 0.1) is 11.3 Å². The van der Waals surface area contributed by atoms with Gasteiger partial charge in [0.2, 0.25) is 5.91 Å². The summed E-state index contributed by atoms with van der Waals surface area (Å²) in [5.41, 5.74) is 7.71. The Morgan fingerprint density at radius 2 is 2.19 bits per heavy atom. The Hall–Kier alpha value is -3.39. The van der Waals surface area contributed by atoms with Crippen LogP contribution < -0.4 is 11.1 Å². The third kappa shape index (κ3) is 4.69. The highest BCUT2D eigenvalue weighted by molar-refractivity contribution is 5.98. The Bertz CT molecular complexity index is 1150. The Labute approximate surface area is 180 Å². The van der Waals surface area contributed by atoms with E-state index in [-0.39, 0.29) is 17.7 Å². The molecule has 0 bridgehead atoms. The van der Waals surface area contributed by atoms with E-state index in [1.807, 2.05) is 12.1 Å². The van der Waals surface area contributed by atoms with Crippen molar-refractivity contribution in [3.63, 3.8) is 0 Å². The van der Waals surface area contributed by atoms with E-state index < -0.39 is 5.60 Å². The monoisotopic (exact) mass is 418 g/mol. The van der Waals surface area contributed by atoms with Gasteiger partial charge in [-0.05, 0) is 62.1 Å². The number of pyridine rings is 3. The highest BCUT2D eigenvalue weighted by Crippen LogP contribution is 2.39. The summed E-state index contributed by atoms with van der Waals surface area (Å²) in [5, 5.41) is 14.7. The summed E-state index contributed by atoms with van der Waals surface area (Å²) >= 11 is 0. The second-order valence-corrected chi connectivity index (χ2v) is 8.70. The summed E-state index contributed by atoms with van der Waals surface area (Å²) in [6, 6.07) is 5.57. The second-order valence-electron chi connectivity index (χ2n) is 8.70. The number of nitrogen functional groups attached to an aromatic ring is 1. The first kappa shape index (κ1) is 20.9. The molecular formula is C23H26N6O2. The van der Waals surface area contributed by atoms with E-state index in [1.165, 1.54) is 0 Å². The molecule has 8 nitrogen and oxygen atoms in total. The van der Waals surface area contributed by atoms with Crippen LogP contribution in [0, 0.1) is 11.8 Å². The molecule has 3 aromatic rings. The first-order chi connectivity index (χ1) is 14.7. The van der Waals surface area contributed by atoms with Crippen molar-refractivity contribution in [1.29, 1.82) is 0 Å². The van der Waals surface area contributed by atoms with Gasteiger partial charge in [0.25, 0.3) is 0 Å². The number of hydrogen-bond donors (Lipinski definition) is 3. The van der Waals surface area contributed by atoms with Gasteiger partial charge >= 0.3 is 0 Å². The number of fused-ring (bicyclic) bond motifs is 1. The lowest BCUT2D eigenvalue weighted by Gasteiger charge is -2.19. The van der Waals surface area contributed by atoms with Crippen molar-refractivity contribution in [2.75, 3.05) is 17.6 Å². The fraction of sp³-hybridized carbons (Fsp3) is 0.348. The average molecular weight is 419 g/mol. The van der Waals surface area contributed by atoms with Crippen molar-refractivity contribution in [1.82, 2.24) is 15.0 Å². The van der Waals surface area contributed by atoms with E-state index in [1.54, 1.807) is 38.5 Å². The quantitative estimate of drug-likeness (QED) is 0.507. The number of nitrogens with zero attached hydrogens (tertiary/aromatic N) is 4. The molecule has 4 N–H and O–H groups in total. The van der Waals surface area contributed by atoms with Gasteiger partial charge in [0, 0.05) is 48.4 Å². The number of hydrogen-bond acceptors (Lipinski definition) is 7. The molecule has 0 saturated heterocycles. The zero-order valence-electron chi connectivity index (χ0n) is 17.7. The molecule has 3 aromatic heterocycles. The fourth-order valence-electron chi connectivity index (χ4n) is 3.81. The summed E-state index contributed by atoms with van der Waals surface area (Å²) in [6.45, 7) is 7.61. The lowest BCUT2D eigenvalue weighted by atomic mass is 9.94. The third-order valence-corrected chi connectivity index (χ3v) is 5.43. The first-order valence-electron chi connectivity index (χ1n) is 10.2. The van der Waals surface area contributed by atoms with Crippen LogP contribution in [0.1, 0.15) is 25.8 Å². The maximum Gasteiger partial charge on any atom is 0.228 e. The van der Waals surface area contributed by atoms with Crippen LogP contribution in [0.4, 0.5) is 11.6 Å². The van der Waals surface area contributed by atoms with Crippen molar-refractivity contribution in [3.05, 3.63) is 42.4 Å². The van der Waals surface area contributed by atoms with Gasteiger partial charge < -0.3 is 21.1 Å². The maximum absolute atomic E-state index is 12.4. The highest BCUT2D eigenvalue weighted by atomic mass is 16.3. The predicted molar refractivity (Wildman–Crippen MR) is 122 cm³/mol. The normalized spacial score (nSPS) is 18.0. The number of nitrogens with one attached hydrogen (secondary N) is 1. The summed E-state index contributed by atoms with van der Waals surface area (Å²) < 4.78 is 0. The number of rotatable bonds is 7. The average Bonchev–Trinajstić information content (AvgIpc) is 3.47. The van der Waals surface area contributed by atoms with Crippen molar-refractivity contribution in [2.24, 2.45) is 16.8 Å². The molecule has 1 saturated carbocycles. The van der Waals surface area contributed by atoms with Gasteiger partial charge in [-0.2, -0.15) is 0 Å². The summed E-state index contributed by atoms with van der Waals surface area (Å²) in [6.07, 6.45) is 6.31. The van der Waals surface area contributed by atoms with Gasteiger partial charge in [-0.1, -0.05) is 0 Å². The molecule has 0 radical (unpaired) electrons. The van der Waals surface area contributed by atoms with Gasteiger partial charge in [0.1, 0.15) is 11.6 Å². The summed E-state index contributed by atoms with van der Waals surface area (Å²) in [4.78, 5) is 29.4. The Balaban J connectivity index is 1.65. The third-order valence-electron chi connectivity index (χ3n) is 5.43. The van der Waals surface area contributed by atoms with E-state index in [0.29, 0.717) is 35.7 Å². The Kier molecular flexibility index (Phi) is 5.41. The molecule has 1 amide bonds. The largest absolute Gasteiger partial charge is 0.390 e. The number of aliphatic imine (C=N–C) groups is 1. The minimum absolute atomic E-state index is 0.0409. The molecule has 31 heavy (non-hydrogen) atoms. The van der Waals surface area contributed by atoms with Crippen molar-refractivity contribution in [2.45, 2.75) is 32.3 Å². The molecular weight excluding hydrogens is 392 g/mol. The second kappa shape index (κ2) is 8.03. The summed E-state index contributed by atoms with van der Waals surface area (Å²) in [5.74, 6) is 0.983. The molecule has 2 atom stereocenters. The molecule has 0 aromatic carbocycles. The maximum atomic E-state index is 12.4. The van der Waals surface area contributed by atoms with E-state index >= 15 is 0 Å². The molecule has 1 aliphatic rings. The van der Waals surface area contributed by atoms with E-state index in [9.17, 15) is 9.90 Å². The van der Waals surface area contributed by atoms with Crippen LogP contribution in [0.5, 0.6) is 0 Å². The van der Waals surface area contributed by atoms with Crippen molar-refractivity contribution in [3.8, 4) is 11.3 Å². The zero-order valence-corrected chi connectivity index (χ0v) is 17.7. The number of anilines is 2. The Morgan fingerprint density at radius 3 is 2.94 bits per heavy atom. The van der Waals surface area contributed by atoms with Gasteiger partial charge in [0.15, 0.2) is 0 Å². The number of carbonyl (C=O) groups is 1. The smallest absolute Gasteiger partial charge is 0.228 e. The Morgan fingerprint density at radius 1 is 1.39 bits per heavy atom. The molecule has 1 aliphatic carbocycles. The SMILES string of the molecule is C=NC[C@@H]1C[C@H]1C(=O)Nc1cc2cc(-c3cnccc3CC(C)(C)O)nc(N)c2cn1. The molecule has 1 fully saturated rings. The number of nitrogens with two attached hydrogens (primary N) is 1. The molecule has 160 valence electrons. The zero-order chi connectivity index (χ0) is 22.2. The van der Waals surface area contributed by atoms with Crippen LogP contribution in [0.2, 0.25) is 0 Å². The lowest BCUT2D eigenvalue weighted by Crippen LogP contribution is -2.22. The van der Waals surface area contributed by atoms with Gasteiger partial charge in [-0.3, -0.25) is 9.78 Å². The standard InChI is InChI=1S/C23H26N6O2/c1-23(2,31)9-13-4-5-26-11-17(13)19-7-14-8-20(27-12-18(14)21(24)28-19)29-22(30)16-6-15(16)10-25-3/h4-5,7-8,11-12,15-16,31H,3,6,9-10H2,1-2H3,(H2,24,28)(H,27,29,30)/t15-,16+/m0/s1. The van der Waals surface area contributed by atoms with Crippen LogP contribution in [0.3, 0.4) is 0 Å². The fourth-order valence-corrected chi connectivity index (χ4v) is 3.81. The number of amides is 1. The first-order valence-corrected chi connectivity index (χ1v) is 10.2. The molecule has 3 heterocycles. The molecule has 0 aliphatic heterocycles.